The predicted octanol–water partition coefficient (Wildman–Crippen LogP) is 6.70. The van der Waals surface area contributed by atoms with Crippen LogP contribution in [-0.4, -0.2) is 28.8 Å². The van der Waals surface area contributed by atoms with Crippen LogP contribution in [0.3, 0.4) is 0 Å². The molecule has 0 amide bonds. The summed E-state index contributed by atoms with van der Waals surface area (Å²) < 4.78 is 4.80. The fraction of sp³-hybridized carbons (Fsp3) is 0.103. The van der Waals surface area contributed by atoms with Crippen LogP contribution >= 0.6 is 0 Å². The van der Waals surface area contributed by atoms with E-state index in [-0.39, 0.29) is 12.8 Å². The first-order chi connectivity index (χ1) is 16.6. The first kappa shape index (κ1) is 25.9. The van der Waals surface area contributed by atoms with Crippen LogP contribution in [0.25, 0.3) is 21.5 Å². The highest BCUT2D eigenvalue weighted by molar-refractivity contribution is 5.82. The summed E-state index contributed by atoms with van der Waals surface area (Å²) in [6, 6.07) is 33.4. The quantitative estimate of drug-likeness (QED) is 0.358. The maximum Gasteiger partial charge on any atom is 0.303 e. The predicted molar refractivity (Wildman–Crippen MR) is 137 cm³/mol. The van der Waals surface area contributed by atoms with Gasteiger partial charge in [-0.2, -0.15) is 0 Å². The van der Waals surface area contributed by atoms with Gasteiger partial charge in [0.1, 0.15) is 6.61 Å². The number of rotatable bonds is 3. The molecule has 5 rings (SSSR count). The monoisotopic (exact) mass is 456 g/mol. The molecule has 0 radical (unpaired) electrons. The van der Waals surface area contributed by atoms with E-state index in [1.165, 1.54) is 21.5 Å². The van der Waals surface area contributed by atoms with Crippen LogP contribution in [0.2, 0.25) is 0 Å². The third-order valence-corrected chi connectivity index (χ3v) is 4.48. The Bertz CT molecular complexity index is 999. The normalized spacial score (nSPS) is 10.9. The number of fused-ring (bicyclic) bond motifs is 2. The molecule has 5 nitrogen and oxygen atoms in total. The Kier molecular flexibility index (Phi) is 11.7. The lowest BCUT2D eigenvalue weighted by molar-refractivity contribution is -0.143. The molecule has 1 aliphatic rings. The number of ether oxygens (including phenoxy) is 1. The highest BCUT2D eigenvalue weighted by Gasteiger charge is 2.00. The third kappa shape index (κ3) is 10.8. The van der Waals surface area contributed by atoms with E-state index in [0.717, 1.165) is 6.61 Å². The first-order valence-corrected chi connectivity index (χ1v) is 10.8. The van der Waals surface area contributed by atoms with Crippen LogP contribution in [0.5, 0.6) is 0 Å². The molecule has 174 valence electrons. The summed E-state index contributed by atoms with van der Waals surface area (Å²) in [5, 5.41) is 21.0. The molecular formula is C29H28O5. The topological polar surface area (TPSA) is 83.8 Å². The minimum absolute atomic E-state index is 0.296. The van der Waals surface area contributed by atoms with Gasteiger partial charge in [0.15, 0.2) is 0 Å². The Hall–Kier alpha value is -4.38. The second-order valence-electron chi connectivity index (χ2n) is 7.07. The molecule has 0 spiro atoms. The molecule has 0 saturated heterocycles. The molecule has 0 aromatic heterocycles. The molecule has 0 bridgehead atoms. The number of carbonyl (C=O) groups is 2. The van der Waals surface area contributed by atoms with Gasteiger partial charge in [-0.15, -0.1) is 0 Å². The summed E-state index contributed by atoms with van der Waals surface area (Å²) in [5.74, 6) is -2.15. The molecule has 0 unspecified atom stereocenters. The molecule has 4 aromatic rings. The summed E-state index contributed by atoms with van der Waals surface area (Å²) in [4.78, 5) is 19.3. The number of allylic oxidation sites excluding steroid dienone is 2. The minimum Gasteiger partial charge on any atom is -0.497 e. The van der Waals surface area contributed by atoms with Crippen molar-refractivity contribution in [1.82, 2.24) is 0 Å². The van der Waals surface area contributed by atoms with Crippen LogP contribution in [0, 0.1) is 0 Å². The van der Waals surface area contributed by atoms with Gasteiger partial charge >= 0.3 is 11.9 Å². The molecule has 34 heavy (non-hydrogen) atoms. The van der Waals surface area contributed by atoms with Gasteiger partial charge in [0.25, 0.3) is 0 Å². The van der Waals surface area contributed by atoms with Gasteiger partial charge in [-0.1, -0.05) is 103 Å². The van der Waals surface area contributed by atoms with Crippen molar-refractivity contribution in [3.8, 4) is 0 Å². The van der Waals surface area contributed by atoms with Gasteiger partial charge in [0.2, 0.25) is 0 Å². The van der Waals surface area contributed by atoms with Crippen molar-refractivity contribution in [2.45, 2.75) is 12.8 Å². The van der Waals surface area contributed by atoms with Gasteiger partial charge in [0, 0.05) is 0 Å². The average molecular weight is 457 g/mol. The van der Waals surface area contributed by atoms with Crippen molar-refractivity contribution in [1.29, 1.82) is 0 Å². The van der Waals surface area contributed by atoms with Crippen LogP contribution < -0.4 is 0 Å². The van der Waals surface area contributed by atoms with Crippen molar-refractivity contribution in [2.75, 3.05) is 6.61 Å². The lowest BCUT2D eigenvalue weighted by Crippen LogP contribution is -2.00. The van der Waals surface area contributed by atoms with E-state index < -0.39 is 11.9 Å². The molecule has 4 aromatic carbocycles. The Labute approximate surface area is 199 Å². The van der Waals surface area contributed by atoms with E-state index >= 15 is 0 Å². The van der Waals surface area contributed by atoms with Crippen LogP contribution in [0.15, 0.2) is 122 Å². The van der Waals surface area contributed by atoms with Crippen molar-refractivity contribution in [3.63, 3.8) is 0 Å². The Morgan fingerprint density at radius 2 is 0.912 bits per heavy atom. The lowest BCUT2D eigenvalue weighted by atomic mass is 10.1. The molecule has 5 heteroatoms. The Morgan fingerprint density at radius 1 is 0.588 bits per heavy atom. The highest BCUT2D eigenvalue weighted by Crippen LogP contribution is 2.12. The van der Waals surface area contributed by atoms with E-state index in [1.807, 2.05) is 18.2 Å². The van der Waals surface area contributed by atoms with Crippen molar-refractivity contribution < 1.29 is 24.5 Å². The molecule has 1 aliphatic heterocycles. The second kappa shape index (κ2) is 15.4. The largest absolute Gasteiger partial charge is 0.497 e. The zero-order valence-corrected chi connectivity index (χ0v) is 18.8. The van der Waals surface area contributed by atoms with Gasteiger partial charge in [-0.25, -0.2) is 0 Å². The van der Waals surface area contributed by atoms with Crippen LogP contribution in [-0.2, 0) is 14.3 Å². The molecule has 2 N–H and O–H groups in total. The summed E-state index contributed by atoms with van der Waals surface area (Å²) in [7, 11) is 0. The number of hydrogen-bond donors (Lipinski definition) is 2. The summed E-state index contributed by atoms with van der Waals surface area (Å²) in [6.07, 6.45) is 6.87. The van der Waals surface area contributed by atoms with E-state index in [4.69, 9.17) is 14.9 Å². The molecular weight excluding hydrogens is 428 g/mol. The number of aliphatic carboxylic acids is 2. The molecule has 0 saturated carbocycles. The SMILES string of the molecule is C1=CCOC=C1.O=C(O)CCC(=O)O.c1ccc2ccccc2c1.c1ccc2ccccc2c1. The molecule has 0 fully saturated rings. The molecule has 0 atom stereocenters. The standard InChI is InChI=1S/2C10H8.C5H6O.C4H6O4/c2*1-2-6-10-8-4-3-7-9(10)5-1;1-2-4-6-5-3-1;5-3(6)1-2-4(7)8/h2*1-8H;1-4H,5H2;1-2H2,(H,5,6)(H,7,8). The van der Waals surface area contributed by atoms with Crippen molar-refractivity contribution >= 4 is 33.5 Å². The number of carboxylic acid groups (broad SMARTS) is 2. The fourth-order valence-corrected chi connectivity index (χ4v) is 2.83. The van der Waals surface area contributed by atoms with E-state index in [9.17, 15) is 9.59 Å². The summed E-state index contributed by atoms with van der Waals surface area (Å²) in [6.45, 7) is 0.733. The molecule has 0 aliphatic carbocycles. The van der Waals surface area contributed by atoms with Crippen molar-refractivity contribution in [2.24, 2.45) is 0 Å². The van der Waals surface area contributed by atoms with E-state index in [1.54, 1.807) is 6.26 Å². The smallest absolute Gasteiger partial charge is 0.303 e. The highest BCUT2D eigenvalue weighted by atomic mass is 16.5. The Morgan fingerprint density at radius 3 is 1.06 bits per heavy atom. The molecule has 1 heterocycles. The number of carboxylic acids is 2. The van der Waals surface area contributed by atoms with Crippen molar-refractivity contribution in [3.05, 3.63) is 122 Å². The van der Waals surface area contributed by atoms with Gasteiger partial charge < -0.3 is 14.9 Å². The zero-order valence-electron chi connectivity index (χ0n) is 18.8. The van der Waals surface area contributed by atoms with Gasteiger partial charge in [0.05, 0.1) is 19.1 Å². The Balaban J connectivity index is 0.000000163. The maximum atomic E-state index is 9.64. The number of benzene rings is 4. The first-order valence-electron chi connectivity index (χ1n) is 10.8. The van der Waals surface area contributed by atoms with Gasteiger partial charge in [-0.05, 0) is 33.7 Å². The van der Waals surface area contributed by atoms with Gasteiger partial charge in [-0.3, -0.25) is 9.59 Å². The van der Waals surface area contributed by atoms with E-state index in [0.29, 0.717) is 0 Å². The lowest BCUT2D eigenvalue weighted by Gasteiger charge is -1.94. The van der Waals surface area contributed by atoms with Crippen LogP contribution in [0.1, 0.15) is 12.8 Å². The maximum absolute atomic E-state index is 9.64. The second-order valence-corrected chi connectivity index (χ2v) is 7.07. The minimum atomic E-state index is -1.08. The number of hydrogen-bond acceptors (Lipinski definition) is 3. The fourth-order valence-electron chi connectivity index (χ4n) is 2.83. The van der Waals surface area contributed by atoms with E-state index in [2.05, 4.69) is 97.1 Å². The van der Waals surface area contributed by atoms with Crippen LogP contribution in [0.4, 0.5) is 0 Å². The summed E-state index contributed by atoms with van der Waals surface area (Å²) >= 11 is 0. The summed E-state index contributed by atoms with van der Waals surface area (Å²) in [5.41, 5.74) is 0. The third-order valence-electron chi connectivity index (χ3n) is 4.48. The zero-order chi connectivity index (χ0) is 24.4. The average Bonchev–Trinajstić information content (AvgIpc) is 2.90.